The minimum absolute atomic E-state index is 0.0769. The van der Waals surface area contributed by atoms with E-state index in [2.05, 4.69) is 17.9 Å². The van der Waals surface area contributed by atoms with Gasteiger partial charge in [0.1, 0.15) is 0 Å². The summed E-state index contributed by atoms with van der Waals surface area (Å²) in [7, 11) is 0. The summed E-state index contributed by atoms with van der Waals surface area (Å²) in [6.07, 6.45) is 9.13. The van der Waals surface area contributed by atoms with Gasteiger partial charge in [-0.2, -0.15) is 0 Å². The third kappa shape index (κ3) is 5.45. The maximum atomic E-state index is 10.6. The number of carbonyl (C=O) groups is 1. The van der Waals surface area contributed by atoms with Crippen molar-refractivity contribution in [2.45, 2.75) is 64.6 Å². The molecule has 138 valence electrons. The Bertz CT molecular complexity index is 580. The Labute approximate surface area is 150 Å². The van der Waals surface area contributed by atoms with Crippen molar-refractivity contribution >= 4 is 5.97 Å². The lowest BCUT2D eigenvalue weighted by molar-refractivity contribution is -0.136. The second-order valence-electron chi connectivity index (χ2n) is 7.49. The number of carboxylic acids is 1. The second-order valence-corrected chi connectivity index (χ2v) is 7.49. The Morgan fingerprint density at radius 3 is 2.84 bits per heavy atom. The van der Waals surface area contributed by atoms with Crippen LogP contribution < -0.4 is 0 Å². The number of rotatable bonds is 7. The van der Waals surface area contributed by atoms with Crippen molar-refractivity contribution in [2.24, 2.45) is 23.7 Å². The van der Waals surface area contributed by atoms with Crippen LogP contribution in [0, 0.1) is 35.5 Å². The molecule has 0 radical (unpaired) electrons. The Hall–Kier alpha value is -1.57. The van der Waals surface area contributed by atoms with Gasteiger partial charge in [-0.05, 0) is 50.4 Å². The highest BCUT2D eigenvalue weighted by molar-refractivity contribution is 5.66. The van der Waals surface area contributed by atoms with E-state index in [4.69, 9.17) is 5.11 Å². The average Bonchev–Trinajstić information content (AvgIpc) is 3.06. The molecule has 2 aliphatic carbocycles. The fourth-order valence-corrected chi connectivity index (χ4v) is 4.16. The molecule has 2 aliphatic rings. The molecule has 0 aromatic carbocycles. The van der Waals surface area contributed by atoms with Crippen LogP contribution in [0.4, 0.5) is 0 Å². The molecular weight excluding hydrogens is 316 g/mol. The standard InChI is InChI=1S/C21H30O4/c1-3-4-6-14(2)19(22)10-9-17-18-12-15(7-5-8-21(24)25)11-16(18)13-20(17)23/h7,9-10,14,16-20,22-23H,5-6,8,11-13H2,1-2H3,(H,24,25)/b10-9+,15-7-/t14?,16?,17-,18+,19-,20-/m1/s1. The van der Waals surface area contributed by atoms with Crippen LogP contribution >= 0.6 is 0 Å². The fraction of sp³-hybridized carbons (Fsp3) is 0.667. The van der Waals surface area contributed by atoms with E-state index in [0.29, 0.717) is 24.7 Å². The lowest BCUT2D eigenvalue weighted by Crippen LogP contribution is -2.19. The molecule has 2 saturated carbocycles. The fourth-order valence-electron chi connectivity index (χ4n) is 4.16. The van der Waals surface area contributed by atoms with Crippen molar-refractivity contribution in [3.8, 4) is 11.8 Å². The van der Waals surface area contributed by atoms with E-state index in [1.54, 1.807) is 6.92 Å². The zero-order chi connectivity index (χ0) is 18.4. The SMILES string of the molecule is CC#CCC(C)[C@H](O)/C=C/[C@H]1[C@H](O)CC2C/C(=C/CCC(=O)O)C[C@@H]21. The number of allylic oxidation sites excluding steroid dienone is 2. The topological polar surface area (TPSA) is 77.8 Å². The molecule has 2 fully saturated rings. The predicted octanol–water partition coefficient (Wildman–Crippen LogP) is 3.15. The molecule has 2 rings (SSSR count). The molecule has 25 heavy (non-hydrogen) atoms. The van der Waals surface area contributed by atoms with E-state index in [1.165, 1.54) is 5.57 Å². The first-order valence-corrected chi connectivity index (χ1v) is 9.26. The van der Waals surface area contributed by atoms with Crippen molar-refractivity contribution in [3.63, 3.8) is 0 Å². The minimum Gasteiger partial charge on any atom is -0.481 e. The molecule has 0 aliphatic heterocycles. The van der Waals surface area contributed by atoms with E-state index in [9.17, 15) is 15.0 Å². The van der Waals surface area contributed by atoms with Crippen LogP contribution in [0.25, 0.3) is 0 Å². The first-order chi connectivity index (χ1) is 11.9. The third-order valence-electron chi connectivity index (χ3n) is 5.62. The maximum absolute atomic E-state index is 10.6. The summed E-state index contributed by atoms with van der Waals surface area (Å²) < 4.78 is 0. The number of aliphatic hydroxyl groups excluding tert-OH is 2. The first-order valence-electron chi connectivity index (χ1n) is 9.26. The van der Waals surface area contributed by atoms with E-state index >= 15 is 0 Å². The number of carboxylic acid groups (broad SMARTS) is 1. The summed E-state index contributed by atoms with van der Waals surface area (Å²) in [4.78, 5) is 10.6. The lowest BCUT2D eigenvalue weighted by Gasteiger charge is -2.19. The van der Waals surface area contributed by atoms with E-state index in [0.717, 1.165) is 19.3 Å². The maximum Gasteiger partial charge on any atom is 0.303 e. The highest BCUT2D eigenvalue weighted by atomic mass is 16.4. The van der Waals surface area contributed by atoms with Gasteiger partial charge < -0.3 is 15.3 Å². The Morgan fingerprint density at radius 2 is 2.16 bits per heavy atom. The van der Waals surface area contributed by atoms with Gasteiger partial charge in [0.15, 0.2) is 0 Å². The van der Waals surface area contributed by atoms with Crippen LogP contribution in [-0.2, 0) is 4.79 Å². The van der Waals surface area contributed by atoms with Crippen molar-refractivity contribution in [1.29, 1.82) is 0 Å². The number of aliphatic carboxylic acids is 1. The summed E-state index contributed by atoms with van der Waals surface area (Å²) >= 11 is 0. The summed E-state index contributed by atoms with van der Waals surface area (Å²) in [6.45, 7) is 3.78. The van der Waals surface area contributed by atoms with Crippen LogP contribution in [0.15, 0.2) is 23.8 Å². The average molecular weight is 346 g/mol. The highest BCUT2D eigenvalue weighted by Gasteiger charge is 2.44. The van der Waals surface area contributed by atoms with E-state index in [-0.39, 0.29) is 24.4 Å². The van der Waals surface area contributed by atoms with Gasteiger partial charge in [-0.3, -0.25) is 4.79 Å². The molecule has 0 bridgehead atoms. The summed E-state index contributed by atoms with van der Waals surface area (Å²) in [5.41, 5.74) is 1.33. The van der Waals surface area contributed by atoms with Gasteiger partial charge in [0.05, 0.1) is 12.2 Å². The molecule has 0 amide bonds. The molecule has 2 unspecified atom stereocenters. The molecule has 0 heterocycles. The van der Waals surface area contributed by atoms with Crippen molar-refractivity contribution in [1.82, 2.24) is 0 Å². The molecule has 4 nitrogen and oxygen atoms in total. The van der Waals surface area contributed by atoms with Gasteiger partial charge in [0.2, 0.25) is 0 Å². The highest BCUT2D eigenvalue weighted by Crippen LogP contribution is 2.50. The third-order valence-corrected chi connectivity index (χ3v) is 5.62. The molecule has 0 saturated heterocycles. The summed E-state index contributed by atoms with van der Waals surface area (Å²) in [5.74, 6) is 6.11. The zero-order valence-electron chi connectivity index (χ0n) is 15.2. The predicted molar refractivity (Wildman–Crippen MR) is 97.7 cm³/mol. The Morgan fingerprint density at radius 1 is 1.40 bits per heavy atom. The smallest absolute Gasteiger partial charge is 0.303 e. The van der Waals surface area contributed by atoms with Crippen LogP contribution in [0.1, 0.15) is 52.4 Å². The monoisotopic (exact) mass is 346 g/mol. The largest absolute Gasteiger partial charge is 0.481 e. The van der Waals surface area contributed by atoms with Gasteiger partial charge in [0, 0.05) is 18.8 Å². The molecule has 0 aromatic heterocycles. The zero-order valence-corrected chi connectivity index (χ0v) is 15.2. The van der Waals surface area contributed by atoms with Crippen molar-refractivity contribution < 1.29 is 20.1 Å². The van der Waals surface area contributed by atoms with Gasteiger partial charge in [-0.1, -0.05) is 30.7 Å². The van der Waals surface area contributed by atoms with Gasteiger partial charge in [-0.25, -0.2) is 0 Å². The summed E-state index contributed by atoms with van der Waals surface area (Å²) in [6, 6.07) is 0. The summed E-state index contributed by atoms with van der Waals surface area (Å²) in [5, 5.41) is 29.4. The van der Waals surface area contributed by atoms with Gasteiger partial charge >= 0.3 is 5.97 Å². The molecule has 6 atom stereocenters. The van der Waals surface area contributed by atoms with E-state index in [1.807, 2.05) is 19.1 Å². The molecule has 3 N–H and O–H groups in total. The van der Waals surface area contributed by atoms with Gasteiger partial charge in [-0.15, -0.1) is 11.8 Å². The van der Waals surface area contributed by atoms with E-state index < -0.39 is 12.1 Å². The molecular formula is C21H30O4. The van der Waals surface area contributed by atoms with Crippen LogP contribution in [0.5, 0.6) is 0 Å². The van der Waals surface area contributed by atoms with Crippen LogP contribution in [0.2, 0.25) is 0 Å². The van der Waals surface area contributed by atoms with Crippen molar-refractivity contribution in [3.05, 3.63) is 23.8 Å². The quantitative estimate of drug-likeness (QED) is 0.489. The second kappa shape index (κ2) is 9.22. The molecule has 0 spiro atoms. The number of hydrogen-bond acceptors (Lipinski definition) is 3. The minimum atomic E-state index is -0.762. The van der Waals surface area contributed by atoms with Crippen molar-refractivity contribution in [2.75, 3.05) is 0 Å². The first kappa shape index (κ1) is 19.8. The molecule has 4 heteroatoms. The number of aliphatic hydroxyl groups is 2. The normalized spacial score (nSPS) is 32.4. The lowest BCUT2D eigenvalue weighted by atomic mass is 9.89. The van der Waals surface area contributed by atoms with Crippen LogP contribution in [-0.4, -0.2) is 33.5 Å². The number of hydrogen-bond donors (Lipinski definition) is 3. The molecule has 0 aromatic rings. The van der Waals surface area contributed by atoms with Crippen LogP contribution in [0.3, 0.4) is 0 Å². The Balaban J connectivity index is 1.93. The Kier molecular flexibility index (Phi) is 7.28. The van der Waals surface area contributed by atoms with Gasteiger partial charge in [0.25, 0.3) is 0 Å². The number of fused-ring (bicyclic) bond motifs is 1.